The summed E-state index contributed by atoms with van der Waals surface area (Å²) in [6, 6.07) is 3.02. The third-order valence-corrected chi connectivity index (χ3v) is 5.46. The van der Waals surface area contributed by atoms with Gasteiger partial charge in [-0.25, -0.2) is 4.68 Å². The van der Waals surface area contributed by atoms with Gasteiger partial charge in [-0.05, 0) is 32.4 Å². The van der Waals surface area contributed by atoms with Crippen molar-refractivity contribution < 1.29 is 15.0 Å². The molecule has 146 valence electrons. The summed E-state index contributed by atoms with van der Waals surface area (Å²) in [5, 5.41) is 26.7. The number of fused-ring (bicyclic) bond motifs is 3. The van der Waals surface area contributed by atoms with E-state index in [4.69, 9.17) is 11.6 Å². The average molecular weight is 413 g/mol. The number of aliphatic hydroxyl groups is 2. The standard InChI is InChI=1S/C17H21ClN4O4S/c1-4-9(8-23)19-14(24)7-21-15(25)11-5-12-10(6-13(18)27-12)22(11)16(20-21)17(2,3)26/h5-6,9,23,26H,4,7-8H2,1-3H3,(H,19,24)/t9-/m1/s1. The fraction of sp³-hybridized carbons (Fsp3) is 0.471. The van der Waals surface area contributed by atoms with Crippen LogP contribution in [0.15, 0.2) is 16.9 Å². The number of amides is 1. The molecule has 1 amide bonds. The third kappa shape index (κ3) is 3.73. The average Bonchev–Trinajstić information content (AvgIpc) is 3.10. The molecule has 3 rings (SSSR count). The van der Waals surface area contributed by atoms with Crippen molar-refractivity contribution in [1.29, 1.82) is 0 Å². The van der Waals surface area contributed by atoms with Crippen molar-refractivity contribution in [3.8, 4) is 0 Å². The highest BCUT2D eigenvalue weighted by molar-refractivity contribution is 7.22. The lowest BCUT2D eigenvalue weighted by molar-refractivity contribution is -0.123. The number of carbonyl (C=O) groups is 1. The molecule has 3 aromatic rings. The van der Waals surface area contributed by atoms with Gasteiger partial charge in [0.2, 0.25) is 5.91 Å². The molecule has 0 aliphatic heterocycles. The first kappa shape index (κ1) is 19.8. The number of thiophene rings is 1. The molecule has 0 radical (unpaired) electrons. The summed E-state index contributed by atoms with van der Waals surface area (Å²) in [4.78, 5) is 25.1. The Kier molecular flexibility index (Phi) is 5.31. The number of rotatable bonds is 6. The summed E-state index contributed by atoms with van der Waals surface area (Å²) in [7, 11) is 0. The van der Waals surface area contributed by atoms with Crippen molar-refractivity contribution >= 4 is 44.6 Å². The zero-order chi connectivity index (χ0) is 19.9. The highest BCUT2D eigenvalue weighted by Gasteiger charge is 2.27. The Morgan fingerprint density at radius 3 is 2.70 bits per heavy atom. The predicted molar refractivity (Wildman–Crippen MR) is 104 cm³/mol. The molecule has 0 aliphatic carbocycles. The van der Waals surface area contributed by atoms with E-state index in [2.05, 4.69) is 10.4 Å². The molecule has 27 heavy (non-hydrogen) atoms. The minimum Gasteiger partial charge on any atom is -0.394 e. The van der Waals surface area contributed by atoms with Gasteiger partial charge in [-0.3, -0.25) is 14.0 Å². The van der Waals surface area contributed by atoms with Crippen LogP contribution in [-0.4, -0.2) is 43.0 Å². The second kappa shape index (κ2) is 7.23. The summed E-state index contributed by atoms with van der Waals surface area (Å²) in [5.74, 6) is -0.212. The summed E-state index contributed by atoms with van der Waals surface area (Å²) in [6.07, 6.45) is 0.564. The SMILES string of the molecule is CC[C@H](CO)NC(=O)Cn1nc(C(C)(C)O)n2c(cc3sc(Cl)cc32)c1=O. The first-order valence-corrected chi connectivity index (χ1v) is 9.69. The van der Waals surface area contributed by atoms with Crippen LogP contribution in [0.1, 0.15) is 33.0 Å². The first-order chi connectivity index (χ1) is 12.7. The number of nitrogens with zero attached hydrogens (tertiary/aromatic N) is 3. The smallest absolute Gasteiger partial charge is 0.291 e. The van der Waals surface area contributed by atoms with Gasteiger partial charge in [-0.15, -0.1) is 11.3 Å². The molecule has 0 aromatic carbocycles. The molecule has 3 N–H and O–H groups in total. The van der Waals surface area contributed by atoms with Crippen LogP contribution < -0.4 is 10.9 Å². The van der Waals surface area contributed by atoms with Gasteiger partial charge < -0.3 is 15.5 Å². The van der Waals surface area contributed by atoms with E-state index in [9.17, 15) is 19.8 Å². The van der Waals surface area contributed by atoms with Gasteiger partial charge in [0, 0.05) is 0 Å². The van der Waals surface area contributed by atoms with Crippen molar-refractivity contribution in [2.75, 3.05) is 6.61 Å². The first-order valence-electron chi connectivity index (χ1n) is 8.50. The number of aliphatic hydroxyl groups excluding tert-OH is 1. The number of carbonyl (C=O) groups excluding carboxylic acids is 1. The minimum absolute atomic E-state index is 0.186. The second-order valence-electron chi connectivity index (χ2n) is 6.87. The molecule has 0 unspecified atom stereocenters. The van der Waals surface area contributed by atoms with Crippen LogP contribution in [0, 0.1) is 0 Å². The number of nitrogens with one attached hydrogen (secondary N) is 1. The van der Waals surface area contributed by atoms with Gasteiger partial charge in [-0.1, -0.05) is 18.5 Å². The van der Waals surface area contributed by atoms with Crippen LogP contribution in [0.3, 0.4) is 0 Å². The van der Waals surface area contributed by atoms with Crippen LogP contribution in [0.4, 0.5) is 0 Å². The Morgan fingerprint density at radius 1 is 1.41 bits per heavy atom. The Balaban J connectivity index is 2.13. The molecule has 0 fully saturated rings. The highest BCUT2D eigenvalue weighted by Crippen LogP contribution is 2.33. The maximum Gasteiger partial charge on any atom is 0.291 e. The topological polar surface area (TPSA) is 109 Å². The molecule has 0 spiro atoms. The van der Waals surface area contributed by atoms with Crippen LogP contribution >= 0.6 is 22.9 Å². The van der Waals surface area contributed by atoms with Gasteiger partial charge in [-0.2, -0.15) is 5.10 Å². The Labute approximate surface area is 164 Å². The van der Waals surface area contributed by atoms with Gasteiger partial charge in [0.15, 0.2) is 5.82 Å². The van der Waals surface area contributed by atoms with E-state index in [1.165, 1.54) is 11.3 Å². The number of aromatic nitrogens is 3. The molecule has 3 aromatic heterocycles. The Morgan fingerprint density at radius 2 is 2.11 bits per heavy atom. The van der Waals surface area contributed by atoms with E-state index in [0.717, 1.165) is 9.38 Å². The highest BCUT2D eigenvalue weighted by atomic mass is 35.5. The van der Waals surface area contributed by atoms with Crippen LogP contribution in [0.25, 0.3) is 15.7 Å². The van der Waals surface area contributed by atoms with E-state index in [0.29, 0.717) is 21.8 Å². The lowest BCUT2D eigenvalue weighted by Gasteiger charge is -2.20. The molecule has 1 atom stereocenters. The summed E-state index contributed by atoms with van der Waals surface area (Å²) in [6.45, 7) is 4.45. The van der Waals surface area contributed by atoms with Gasteiger partial charge in [0.1, 0.15) is 17.7 Å². The van der Waals surface area contributed by atoms with Crippen LogP contribution in [-0.2, 0) is 16.9 Å². The zero-order valence-electron chi connectivity index (χ0n) is 15.2. The zero-order valence-corrected chi connectivity index (χ0v) is 16.8. The quantitative estimate of drug-likeness (QED) is 0.568. The molecular formula is C17H21ClN4O4S. The molecule has 3 heterocycles. The number of halogens is 1. The number of hydrogen-bond acceptors (Lipinski definition) is 6. The van der Waals surface area contributed by atoms with E-state index in [1.54, 1.807) is 30.4 Å². The van der Waals surface area contributed by atoms with Crippen molar-refractivity contribution in [2.24, 2.45) is 0 Å². The minimum atomic E-state index is -1.36. The predicted octanol–water partition coefficient (Wildman–Crippen LogP) is 1.48. The molecule has 0 bridgehead atoms. The molecule has 0 saturated carbocycles. The second-order valence-corrected chi connectivity index (χ2v) is 8.58. The molecule has 0 aliphatic rings. The normalized spacial score (nSPS) is 13.4. The Bertz CT molecular complexity index is 1060. The van der Waals surface area contributed by atoms with Gasteiger partial charge in [0.05, 0.1) is 27.2 Å². The van der Waals surface area contributed by atoms with Crippen LogP contribution in [0.5, 0.6) is 0 Å². The van der Waals surface area contributed by atoms with Crippen molar-refractivity contribution in [3.63, 3.8) is 0 Å². The van der Waals surface area contributed by atoms with E-state index < -0.39 is 17.1 Å². The largest absolute Gasteiger partial charge is 0.394 e. The summed E-state index contributed by atoms with van der Waals surface area (Å²) in [5.41, 5.74) is -0.817. The summed E-state index contributed by atoms with van der Waals surface area (Å²) < 4.78 is 3.97. The van der Waals surface area contributed by atoms with Crippen molar-refractivity contribution in [2.45, 2.75) is 45.4 Å². The van der Waals surface area contributed by atoms with E-state index in [-0.39, 0.29) is 25.0 Å². The number of hydrogen-bond donors (Lipinski definition) is 3. The lowest BCUT2D eigenvalue weighted by atomic mass is 10.1. The lowest BCUT2D eigenvalue weighted by Crippen LogP contribution is -2.42. The molecule has 0 saturated heterocycles. The van der Waals surface area contributed by atoms with E-state index >= 15 is 0 Å². The fourth-order valence-corrected chi connectivity index (χ4v) is 4.03. The van der Waals surface area contributed by atoms with Gasteiger partial charge in [0.25, 0.3) is 5.56 Å². The third-order valence-electron chi connectivity index (χ3n) is 4.26. The van der Waals surface area contributed by atoms with Crippen molar-refractivity contribution in [1.82, 2.24) is 19.5 Å². The Hall–Kier alpha value is -1.94. The molecular weight excluding hydrogens is 392 g/mol. The fourth-order valence-electron chi connectivity index (χ4n) is 2.87. The maximum atomic E-state index is 12.9. The summed E-state index contributed by atoms with van der Waals surface area (Å²) >= 11 is 7.39. The molecule has 8 nitrogen and oxygen atoms in total. The van der Waals surface area contributed by atoms with Gasteiger partial charge >= 0.3 is 0 Å². The monoisotopic (exact) mass is 412 g/mol. The van der Waals surface area contributed by atoms with E-state index in [1.807, 2.05) is 6.92 Å². The maximum absolute atomic E-state index is 12.9. The van der Waals surface area contributed by atoms with Crippen molar-refractivity contribution in [3.05, 3.63) is 32.6 Å². The van der Waals surface area contributed by atoms with Crippen LogP contribution in [0.2, 0.25) is 4.34 Å². The molecule has 10 heteroatoms.